The molecule has 6 aliphatic heterocycles. The second-order valence-corrected chi connectivity index (χ2v) is 23.9. The van der Waals surface area contributed by atoms with Gasteiger partial charge in [-0.05, 0) is 130 Å². The van der Waals surface area contributed by atoms with E-state index in [0.29, 0.717) is 34.5 Å². The van der Waals surface area contributed by atoms with Gasteiger partial charge in [-0.3, -0.25) is 0 Å². The van der Waals surface area contributed by atoms with Crippen molar-refractivity contribution in [1.29, 1.82) is 0 Å². The van der Waals surface area contributed by atoms with Crippen molar-refractivity contribution < 1.29 is 132 Å². The van der Waals surface area contributed by atoms with Crippen LogP contribution in [0.4, 0.5) is 0 Å². The molecule has 2 N–H and O–H groups in total. The van der Waals surface area contributed by atoms with E-state index in [4.69, 9.17) is 48.8 Å². The summed E-state index contributed by atoms with van der Waals surface area (Å²) in [6.07, 6.45) is 4.99. The van der Waals surface area contributed by atoms with Crippen LogP contribution < -0.4 is 69.3 Å². The zero-order chi connectivity index (χ0) is 63.4. The third kappa shape index (κ3) is 24.6. The van der Waals surface area contributed by atoms with Crippen LogP contribution in [0.15, 0.2) is 109 Å². The van der Waals surface area contributed by atoms with E-state index in [-0.39, 0.29) is 147 Å². The molecule has 0 atom stereocenters. The maximum absolute atomic E-state index is 11.3. The van der Waals surface area contributed by atoms with E-state index in [9.17, 15) is 30.6 Å². The van der Waals surface area contributed by atoms with Gasteiger partial charge in [-0.2, -0.15) is 0 Å². The van der Waals surface area contributed by atoms with E-state index in [1.807, 2.05) is 119 Å². The predicted octanol–water partition coefficient (Wildman–Crippen LogP) is 7.57. The molecule has 0 saturated heterocycles. The minimum absolute atomic E-state index is 0. The molecule has 0 aliphatic carbocycles. The molecule has 0 amide bonds. The van der Waals surface area contributed by atoms with Gasteiger partial charge >= 0.3 is 52.4 Å². The fourth-order valence-electron chi connectivity index (χ4n) is 9.52. The molecule has 0 spiro atoms. The van der Waals surface area contributed by atoms with Crippen molar-refractivity contribution >= 4 is 0 Å². The van der Waals surface area contributed by atoms with Crippen molar-refractivity contribution in [3.05, 3.63) is 143 Å². The molecule has 0 radical (unpaired) electrons. The Morgan fingerprint density at radius 1 is 0.291 bits per heavy atom. The van der Waals surface area contributed by atoms with Crippen molar-refractivity contribution in [3.63, 3.8) is 0 Å². The summed E-state index contributed by atoms with van der Waals surface area (Å²) >= 11 is 0. The molecular weight excluding hydrogens is 1260 g/mol. The molecule has 464 valence electrons. The van der Waals surface area contributed by atoms with Gasteiger partial charge in [-0.15, -0.1) is 13.2 Å². The smallest absolute Gasteiger partial charge is 0.870 e. The van der Waals surface area contributed by atoms with Crippen LogP contribution in [0.3, 0.4) is 0 Å². The Hall–Kier alpha value is -5.47. The number of para-hydroxylation sites is 6. The van der Waals surface area contributed by atoms with Gasteiger partial charge in [-0.1, -0.05) is 158 Å². The monoisotopic (exact) mass is 1340 g/mol. The van der Waals surface area contributed by atoms with Crippen molar-refractivity contribution in [3.8, 4) is 69.0 Å². The van der Waals surface area contributed by atoms with Gasteiger partial charge in [0, 0.05) is 51.7 Å². The second kappa shape index (κ2) is 34.9. The average molecular weight is 1340 g/mol. The normalized spacial score (nSPS) is 16.3. The fraction of sp³-hybridized carbons (Fsp3) is 0.471. The Morgan fingerprint density at radius 3 is 0.488 bits per heavy atom. The summed E-state index contributed by atoms with van der Waals surface area (Å²) in [5.74, 6) is 3.25. The predicted molar refractivity (Wildman–Crippen MR) is 312 cm³/mol. The molecule has 12 rings (SSSR count). The van der Waals surface area contributed by atoms with E-state index in [2.05, 4.69) is 0 Å². The summed E-state index contributed by atoms with van der Waals surface area (Å²) < 4.78 is 33.1. The number of hydrogen-bond donors (Lipinski definition) is 2. The summed E-state index contributed by atoms with van der Waals surface area (Å²) in [5.41, 5.74) is 4.98. The number of rotatable bonds is 0. The summed E-state index contributed by atoms with van der Waals surface area (Å²) in [4.78, 5) is 0. The van der Waals surface area contributed by atoms with E-state index in [0.717, 1.165) is 71.9 Å². The van der Waals surface area contributed by atoms with E-state index in [1.165, 1.54) is 0 Å². The molecule has 86 heavy (non-hydrogen) atoms. The number of aliphatic hydroxyl groups excluding tert-OH is 2. The molecular formula is C68H88O16Zr2. The second-order valence-electron chi connectivity index (χ2n) is 23.9. The number of benzene rings is 6. The minimum atomic E-state index is -0.206. The van der Waals surface area contributed by atoms with Crippen molar-refractivity contribution in [1.82, 2.24) is 0 Å². The number of aliphatic hydroxyl groups is 2. The molecule has 16 nitrogen and oxygen atoms in total. The van der Waals surface area contributed by atoms with E-state index >= 15 is 0 Å². The van der Waals surface area contributed by atoms with Gasteiger partial charge in [0.1, 0.15) is 68.1 Å². The first kappa shape index (κ1) is 78.5. The fourth-order valence-corrected chi connectivity index (χ4v) is 9.52. The van der Waals surface area contributed by atoms with Crippen molar-refractivity contribution in [2.75, 3.05) is 26.4 Å². The standard InChI is InChI=1S/6C10H12O2.2C2H6O.2C2H5O.2Zr/c6*1-10(2)6-7-4-3-5-8(11)9(7)12-10;4*1-2-3;;/h6*3-5,11H,6H2,1-2H3;2*3H,2H2,1H3;2*2H2,1H3;;/q;;;;;;;;2*-1;2*+4/p-6. The van der Waals surface area contributed by atoms with Gasteiger partial charge in [0.2, 0.25) is 0 Å². The Balaban J connectivity index is 0.000000495. The minimum Gasteiger partial charge on any atom is -0.870 e. The molecule has 6 aromatic rings. The van der Waals surface area contributed by atoms with Crippen LogP contribution in [0, 0.1) is 0 Å². The Bertz CT molecular complexity index is 2490. The molecule has 0 fully saturated rings. The molecule has 0 saturated carbocycles. The maximum atomic E-state index is 11.3. The molecule has 6 aliphatic rings. The Labute approximate surface area is 549 Å². The van der Waals surface area contributed by atoms with Crippen LogP contribution in [0.1, 0.15) is 144 Å². The molecule has 6 heterocycles. The van der Waals surface area contributed by atoms with Crippen LogP contribution >= 0.6 is 0 Å². The zero-order valence-corrected chi connectivity index (χ0v) is 58.0. The van der Waals surface area contributed by atoms with E-state index in [1.54, 1.807) is 100 Å². The van der Waals surface area contributed by atoms with Gasteiger partial charge in [-0.25, -0.2) is 0 Å². The largest absolute Gasteiger partial charge is 4.00 e. The summed E-state index contributed by atoms with van der Waals surface area (Å²) in [7, 11) is 0. The average Bonchev–Trinajstić information content (AvgIpc) is 4.42. The number of fused-ring (bicyclic) bond motifs is 6. The first-order chi connectivity index (χ1) is 39.2. The molecule has 0 bridgehead atoms. The Morgan fingerprint density at radius 2 is 0.395 bits per heavy atom. The SMILES string of the molecule is CC1(C)Cc2cccc([O-])c2O1.CC1(C)Cc2cccc([O-])c2O1.CC1(C)Cc2cccc([O-])c2O1.CC1(C)Cc2cccc([O-])c2O1.CC1(C)Cc2cccc([O-])c2O1.CC1(C)Cc2cccc([O-])c2O1.CCO.CCO.CC[O-].CC[O-].[Zr+4].[Zr+4]. The van der Waals surface area contributed by atoms with E-state index < -0.39 is 0 Å². The van der Waals surface area contributed by atoms with Gasteiger partial charge in [0.05, 0.1) is 0 Å². The van der Waals surface area contributed by atoms with Gasteiger partial charge in [0.25, 0.3) is 0 Å². The molecule has 0 aromatic heterocycles. The topological polar surface area (TPSA) is 280 Å². The molecule has 6 aromatic carbocycles. The quantitative estimate of drug-likeness (QED) is 0.148. The summed E-state index contributed by atoms with van der Waals surface area (Å²) in [5, 5.41) is 101. The van der Waals surface area contributed by atoms with Gasteiger partial charge < -0.3 is 79.5 Å². The van der Waals surface area contributed by atoms with Crippen LogP contribution in [0.2, 0.25) is 0 Å². The third-order valence-corrected chi connectivity index (χ3v) is 12.3. The number of ether oxygens (including phenoxy) is 6. The number of hydrogen-bond acceptors (Lipinski definition) is 16. The third-order valence-electron chi connectivity index (χ3n) is 12.3. The van der Waals surface area contributed by atoms with Gasteiger partial charge in [0.15, 0.2) is 0 Å². The summed E-state index contributed by atoms with van der Waals surface area (Å²) in [6.45, 7) is 30.9. The molecule has 18 heteroatoms. The van der Waals surface area contributed by atoms with Crippen LogP contribution in [0.25, 0.3) is 0 Å². The zero-order valence-electron chi connectivity index (χ0n) is 53.1. The maximum Gasteiger partial charge on any atom is 4.00 e. The van der Waals surface area contributed by atoms with Crippen molar-refractivity contribution in [2.45, 2.75) is 183 Å². The van der Waals surface area contributed by atoms with Crippen LogP contribution in [-0.2, 0) is 90.9 Å². The van der Waals surface area contributed by atoms with Crippen LogP contribution in [0.5, 0.6) is 69.0 Å². The van der Waals surface area contributed by atoms with Crippen LogP contribution in [-0.4, -0.2) is 70.2 Å². The first-order valence-corrected chi connectivity index (χ1v) is 28.4. The Kier molecular flexibility index (Phi) is 31.9. The molecule has 0 unspecified atom stereocenters. The summed E-state index contributed by atoms with van der Waals surface area (Å²) in [6, 6.07) is 31.7. The first-order valence-electron chi connectivity index (χ1n) is 28.4. The van der Waals surface area contributed by atoms with Crippen molar-refractivity contribution in [2.24, 2.45) is 0 Å².